The Bertz CT molecular complexity index is 394. The van der Waals surface area contributed by atoms with Crippen LogP contribution in [0.4, 0.5) is 0 Å². The minimum Gasteiger partial charge on any atom is -0.390 e. The minimum absolute atomic E-state index is 0.266. The lowest BCUT2D eigenvalue weighted by atomic mass is 9.32. The third-order valence-corrected chi connectivity index (χ3v) is 7.08. The van der Waals surface area contributed by atoms with Gasteiger partial charge in [0, 0.05) is 6.42 Å². The molecule has 8 bridgehead atoms. The normalized spacial score (nSPS) is 74.6. The Hall–Kier alpha value is -0.120. The highest BCUT2D eigenvalue weighted by Gasteiger charge is 2.75. The average molecular weight is 236 g/mol. The predicted octanol–water partition coefficient (Wildman–Crippen LogP) is 0.669. The van der Waals surface area contributed by atoms with Crippen LogP contribution in [0.2, 0.25) is 0 Å². The molecule has 0 aromatic heterocycles. The highest BCUT2D eigenvalue weighted by atomic mass is 16.3. The maximum atomic E-state index is 11.0. The summed E-state index contributed by atoms with van der Waals surface area (Å²) in [6, 6.07) is 0. The summed E-state index contributed by atoms with van der Waals surface area (Å²) in [5.74, 6) is 2.07. The van der Waals surface area contributed by atoms with E-state index >= 15 is 0 Å². The van der Waals surface area contributed by atoms with E-state index < -0.39 is 16.8 Å². The molecule has 4 unspecified atom stereocenters. The number of hydrogen-bond donors (Lipinski definition) is 3. The highest BCUT2D eigenvalue weighted by Crippen LogP contribution is 2.74. The molecule has 3 heteroatoms. The summed E-state index contributed by atoms with van der Waals surface area (Å²) in [4.78, 5) is 0. The summed E-state index contributed by atoms with van der Waals surface area (Å²) >= 11 is 0. The zero-order valence-electron chi connectivity index (χ0n) is 9.97. The van der Waals surface area contributed by atoms with Crippen LogP contribution >= 0.6 is 0 Å². The van der Waals surface area contributed by atoms with Crippen molar-refractivity contribution in [2.24, 2.45) is 29.6 Å². The van der Waals surface area contributed by atoms with Gasteiger partial charge in [-0.05, 0) is 61.7 Å². The maximum absolute atomic E-state index is 11.0. The molecule has 0 aromatic carbocycles. The lowest BCUT2D eigenvalue weighted by Crippen LogP contribution is -2.78. The monoisotopic (exact) mass is 236 g/mol. The molecule has 7 aliphatic rings. The largest absolute Gasteiger partial charge is 0.390 e. The van der Waals surface area contributed by atoms with Crippen molar-refractivity contribution in [3.8, 4) is 0 Å². The van der Waals surface area contributed by atoms with Gasteiger partial charge in [0.15, 0.2) is 0 Å². The van der Waals surface area contributed by atoms with E-state index in [1.54, 1.807) is 0 Å². The van der Waals surface area contributed by atoms with Gasteiger partial charge in [0.1, 0.15) is 0 Å². The summed E-state index contributed by atoms with van der Waals surface area (Å²) in [5, 5.41) is 32.2. The Labute approximate surface area is 101 Å². The molecular formula is C14H20O3. The van der Waals surface area contributed by atoms with Crippen molar-refractivity contribution < 1.29 is 15.3 Å². The van der Waals surface area contributed by atoms with Gasteiger partial charge in [0.2, 0.25) is 0 Å². The van der Waals surface area contributed by atoms with Gasteiger partial charge in [-0.2, -0.15) is 0 Å². The van der Waals surface area contributed by atoms with Crippen LogP contribution in [0.3, 0.4) is 0 Å². The van der Waals surface area contributed by atoms with Crippen molar-refractivity contribution in [3.63, 3.8) is 0 Å². The molecule has 94 valence electrons. The first-order valence-corrected chi connectivity index (χ1v) is 7.10. The second kappa shape index (κ2) is 2.33. The van der Waals surface area contributed by atoms with Crippen LogP contribution in [0.1, 0.15) is 38.5 Å². The van der Waals surface area contributed by atoms with Crippen LogP contribution < -0.4 is 0 Å². The van der Waals surface area contributed by atoms with Gasteiger partial charge in [-0.15, -0.1) is 0 Å². The maximum Gasteiger partial charge on any atom is 0.0738 e. The molecule has 0 spiro atoms. The summed E-state index contributed by atoms with van der Waals surface area (Å²) in [7, 11) is 0. The van der Waals surface area contributed by atoms with Crippen LogP contribution in [0.5, 0.6) is 0 Å². The fourth-order valence-electron chi connectivity index (χ4n) is 6.88. The lowest BCUT2D eigenvalue weighted by Gasteiger charge is -2.75. The van der Waals surface area contributed by atoms with Gasteiger partial charge in [-0.25, -0.2) is 0 Å². The second-order valence-corrected chi connectivity index (χ2v) is 7.84. The van der Waals surface area contributed by atoms with E-state index in [4.69, 9.17) is 0 Å². The first-order chi connectivity index (χ1) is 7.93. The Kier molecular flexibility index (Phi) is 1.34. The van der Waals surface area contributed by atoms with Gasteiger partial charge >= 0.3 is 0 Å². The molecule has 3 N–H and O–H groups in total. The molecule has 7 rings (SSSR count). The molecule has 0 heterocycles. The van der Waals surface area contributed by atoms with Gasteiger partial charge < -0.3 is 15.3 Å². The summed E-state index contributed by atoms with van der Waals surface area (Å²) in [5.41, 5.74) is -1.71. The molecule has 0 aliphatic heterocycles. The number of rotatable bonds is 0. The molecular weight excluding hydrogens is 216 g/mol. The van der Waals surface area contributed by atoms with Crippen molar-refractivity contribution in [3.05, 3.63) is 0 Å². The zero-order valence-corrected chi connectivity index (χ0v) is 9.97. The van der Waals surface area contributed by atoms with E-state index in [0.29, 0.717) is 24.2 Å². The van der Waals surface area contributed by atoms with Gasteiger partial charge in [-0.3, -0.25) is 0 Å². The lowest BCUT2D eigenvalue weighted by molar-refractivity contribution is -0.347. The fourth-order valence-corrected chi connectivity index (χ4v) is 6.88. The SMILES string of the molecule is OC12CC3C4CC5(O)CC3C(C1)C(O)(C5)C4C2. The highest BCUT2D eigenvalue weighted by molar-refractivity contribution is 5.25. The van der Waals surface area contributed by atoms with Gasteiger partial charge in [-0.1, -0.05) is 0 Å². The first kappa shape index (κ1) is 9.76. The van der Waals surface area contributed by atoms with Gasteiger partial charge in [0.25, 0.3) is 0 Å². The summed E-state index contributed by atoms with van der Waals surface area (Å²) in [6.45, 7) is 0. The Morgan fingerprint density at radius 2 is 1.18 bits per heavy atom. The molecule has 7 fully saturated rings. The topological polar surface area (TPSA) is 60.7 Å². The van der Waals surface area contributed by atoms with Crippen molar-refractivity contribution in [1.29, 1.82) is 0 Å². The zero-order chi connectivity index (χ0) is 11.6. The van der Waals surface area contributed by atoms with Crippen LogP contribution in [-0.4, -0.2) is 32.1 Å². The van der Waals surface area contributed by atoms with E-state index in [1.165, 1.54) is 0 Å². The minimum atomic E-state index is -0.649. The van der Waals surface area contributed by atoms with Crippen molar-refractivity contribution >= 4 is 0 Å². The predicted molar refractivity (Wildman–Crippen MR) is 60.0 cm³/mol. The Morgan fingerprint density at radius 1 is 0.647 bits per heavy atom. The summed E-state index contributed by atoms with van der Waals surface area (Å²) < 4.78 is 0. The molecule has 3 nitrogen and oxygen atoms in total. The average Bonchev–Trinajstić information content (AvgIpc) is 2.23. The number of aliphatic hydroxyl groups is 3. The van der Waals surface area contributed by atoms with Crippen LogP contribution in [-0.2, 0) is 0 Å². The van der Waals surface area contributed by atoms with E-state index in [2.05, 4.69) is 0 Å². The van der Waals surface area contributed by atoms with E-state index in [-0.39, 0.29) is 11.8 Å². The first-order valence-electron chi connectivity index (χ1n) is 7.10. The molecule has 0 amide bonds. The van der Waals surface area contributed by atoms with E-state index in [9.17, 15) is 15.3 Å². The molecule has 17 heavy (non-hydrogen) atoms. The second-order valence-electron chi connectivity index (χ2n) is 7.84. The van der Waals surface area contributed by atoms with Crippen LogP contribution in [0.15, 0.2) is 0 Å². The molecule has 0 aromatic rings. The molecule has 0 radical (unpaired) electrons. The molecule has 4 atom stereocenters. The van der Waals surface area contributed by atoms with Crippen LogP contribution in [0.25, 0.3) is 0 Å². The fraction of sp³-hybridized carbons (Fsp3) is 1.00. The molecule has 7 aliphatic carbocycles. The smallest absolute Gasteiger partial charge is 0.0738 e. The third-order valence-electron chi connectivity index (χ3n) is 7.08. The van der Waals surface area contributed by atoms with Crippen molar-refractivity contribution in [2.45, 2.75) is 55.3 Å². The third kappa shape index (κ3) is 0.882. The van der Waals surface area contributed by atoms with E-state index in [1.807, 2.05) is 0 Å². The molecule has 0 saturated heterocycles. The standard InChI is InChI=1S/C14H20O3/c15-12-1-7-8-2-13(16)3-9(7)11(5-12)14(17,6-13)10(8)4-12/h7-11,15-17H,1-6H2. The van der Waals surface area contributed by atoms with E-state index in [0.717, 1.165) is 32.1 Å². The Balaban J connectivity index is 1.72. The van der Waals surface area contributed by atoms with Crippen LogP contribution in [0, 0.1) is 29.6 Å². The van der Waals surface area contributed by atoms with Crippen molar-refractivity contribution in [1.82, 2.24) is 0 Å². The molecule has 7 saturated carbocycles. The summed E-state index contributed by atoms with van der Waals surface area (Å²) in [6.07, 6.45) is 4.83. The quantitative estimate of drug-likeness (QED) is 0.579. The Morgan fingerprint density at radius 3 is 1.76 bits per heavy atom. The number of hydrogen-bond acceptors (Lipinski definition) is 3. The van der Waals surface area contributed by atoms with Gasteiger partial charge in [0.05, 0.1) is 16.8 Å². The van der Waals surface area contributed by atoms with Crippen molar-refractivity contribution in [2.75, 3.05) is 0 Å².